The maximum Gasteiger partial charge on any atom is 0.408 e. The highest BCUT2D eigenvalue weighted by molar-refractivity contribution is 5.50. The van der Waals surface area contributed by atoms with Gasteiger partial charge in [-0.15, -0.1) is 0 Å². The van der Waals surface area contributed by atoms with Crippen molar-refractivity contribution in [2.24, 2.45) is 5.92 Å². The van der Waals surface area contributed by atoms with E-state index in [0.717, 1.165) is 29.9 Å². The van der Waals surface area contributed by atoms with Crippen molar-refractivity contribution in [3.63, 3.8) is 0 Å². The minimum Gasteiger partial charge on any atom is -0.475 e. The van der Waals surface area contributed by atoms with Crippen molar-refractivity contribution in [3.05, 3.63) is 24.4 Å². The number of rotatable bonds is 6. The first kappa shape index (κ1) is 19.3. The van der Waals surface area contributed by atoms with E-state index in [2.05, 4.69) is 20.4 Å². The summed E-state index contributed by atoms with van der Waals surface area (Å²) >= 11 is 0. The predicted molar refractivity (Wildman–Crippen MR) is 87.0 cm³/mol. The van der Waals surface area contributed by atoms with E-state index >= 15 is 0 Å². The molecule has 1 saturated carbocycles. The molecule has 0 atom stereocenters. The zero-order valence-corrected chi connectivity index (χ0v) is 14.3. The monoisotopic (exact) mass is 389 g/mol. The third kappa shape index (κ3) is 5.78. The van der Waals surface area contributed by atoms with Crippen LogP contribution in [0.5, 0.6) is 5.88 Å². The summed E-state index contributed by atoms with van der Waals surface area (Å²) in [5.41, 5.74) is 0.234. The van der Waals surface area contributed by atoms with Gasteiger partial charge in [0.1, 0.15) is 6.54 Å². The molecule has 1 aliphatic carbocycles. The highest BCUT2D eigenvalue weighted by atomic mass is 19.4. The van der Waals surface area contributed by atoms with E-state index in [4.69, 9.17) is 4.74 Å². The summed E-state index contributed by atoms with van der Waals surface area (Å²) in [7, 11) is 0. The number of nitrogens with one attached hydrogen (secondary N) is 1. The summed E-state index contributed by atoms with van der Waals surface area (Å²) in [4.78, 5) is 7.68. The SMILES string of the molecule is OC1CCC(COc2nc(Nc3cnn(CC(F)(F)F)c3)ncc2F)CC1. The Balaban J connectivity index is 1.59. The Hall–Kier alpha value is -2.43. The van der Waals surface area contributed by atoms with E-state index in [1.165, 1.54) is 6.20 Å². The van der Waals surface area contributed by atoms with Crippen LogP contribution >= 0.6 is 0 Å². The molecule has 1 fully saturated rings. The van der Waals surface area contributed by atoms with Crippen molar-refractivity contribution in [1.29, 1.82) is 0 Å². The molecule has 7 nitrogen and oxygen atoms in total. The van der Waals surface area contributed by atoms with Crippen LogP contribution in [0.25, 0.3) is 0 Å². The summed E-state index contributed by atoms with van der Waals surface area (Å²) in [6, 6.07) is 0. The van der Waals surface area contributed by atoms with Crippen LogP contribution in [0.2, 0.25) is 0 Å². The van der Waals surface area contributed by atoms with Crippen molar-refractivity contribution in [1.82, 2.24) is 19.7 Å². The van der Waals surface area contributed by atoms with E-state index in [-0.39, 0.29) is 36.1 Å². The fraction of sp³-hybridized carbons (Fsp3) is 0.562. The molecule has 0 spiro atoms. The minimum atomic E-state index is -4.38. The van der Waals surface area contributed by atoms with Crippen LogP contribution in [0.3, 0.4) is 0 Å². The summed E-state index contributed by atoms with van der Waals surface area (Å²) in [5, 5.41) is 15.8. The first-order valence-corrected chi connectivity index (χ1v) is 8.48. The van der Waals surface area contributed by atoms with Gasteiger partial charge in [-0.05, 0) is 31.6 Å². The Morgan fingerprint density at radius 3 is 2.67 bits per heavy atom. The van der Waals surface area contributed by atoms with Crippen molar-refractivity contribution >= 4 is 11.6 Å². The predicted octanol–water partition coefficient (Wildman–Crippen LogP) is 3.05. The number of anilines is 2. The summed E-state index contributed by atoms with van der Waals surface area (Å²) < 4.78 is 57.1. The summed E-state index contributed by atoms with van der Waals surface area (Å²) in [6.45, 7) is -0.951. The Labute approximate surface area is 152 Å². The second kappa shape index (κ2) is 8.07. The average Bonchev–Trinajstić information content (AvgIpc) is 3.01. The molecule has 0 radical (unpaired) electrons. The van der Waals surface area contributed by atoms with E-state index in [9.17, 15) is 22.7 Å². The smallest absolute Gasteiger partial charge is 0.408 e. The molecule has 0 aliphatic heterocycles. The topological polar surface area (TPSA) is 85.1 Å². The van der Waals surface area contributed by atoms with Crippen LogP contribution in [-0.4, -0.2) is 43.7 Å². The molecule has 148 valence electrons. The third-order valence-corrected chi connectivity index (χ3v) is 4.21. The number of aliphatic hydroxyl groups is 1. The average molecular weight is 389 g/mol. The van der Waals surface area contributed by atoms with Gasteiger partial charge in [-0.25, -0.2) is 4.98 Å². The number of aliphatic hydroxyl groups excluding tert-OH is 1. The molecular weight excluding hydrogens is 370 g/mol. The Kier molecular flexibility index (Phi) is 5.78. The quantitative estimate of drug-likeness (QED) is 0.739. The van der Waals surface area contributed by atoms with Crippen molar-refractivity contribution in [3.8, 4) is 5.88 Å². The van der Waals surface area contributed by atoms with Gasteiger partial charge in [-0.1, -0.05) is 0 Å². The molecule has 0 saturated heterocycles. The molecule has 0 aromatic carbocycles. The molecule has 27 heavy (non-hydrogen) atoms. The highest BCUT2D eigenvalue weighted by Gasteiger charge is 2.28. The van der Waals surface area contributed by atoms with Crippen LogP contribution in [0.4, 0.5) is 29.2 Å². The normalized spacial score (nSPS) is 20.5. The van der Waals surface area contributed by atoms with Gasteiger partial charge in [-0.2, -0.15) is 27.6 Å². The number of halogens is 4. The lowest BCUT2D eigenvalue weighted by atomic mass is 9.88. The van der Waals surface area contributed by atoms with Gasteiger partial charge in [0.05, 0.1) is 30.8 Å². The lowest BCUT2D eigenvalue weighted by molar-refractivity contribution is -0.142. The fourth-order valence-corrected chi connectivity index (χ4v) is 2.85. The molecule has 0 unspecified atom stereocenters. The molecule has 2 heterocycles. The Morgan fingerprint density at radius 1 is 1.22 bits per heavy atom. The van der Waals surface area contributed by atoms with Gasteiger partial charge in [0, 0.05) is 6.20 Å². The fourth-order valence-electron chi connectivity index (χ4n) is 2.85. The number of aromatic nitrogens is 4. The number of nitrogens with zero attached hydrogens (tertiary/aromatic N) is 4. The van der Waals surface area contributed by atoms with Crippen LogP contribution < -0.4 is 10.1 Å². The molecule has 11 heteroatoms. The zero-order valence-electron chi connectivity index (χ0n) is 14.3. The van der Waals surface area contributed by atoms with E-state index in [0.29, 0.717) is 12.8 Å². The van der Waals surface area contributed by atoms with Gasteiger partial charge in [-0.3, -0.25) is 4.68 Å². The Bertz CT molecular complexity index is 760. The number of alkyl halides is 3. The molecule has 2 aromatic rings. The first-order valence-electron chi connectivity index (χ1n) is 8.48. The lowest BCUT2D eigenvalue weighted by Crippen LogP contribution is -2.23. The molecule has 3 rings (SSSR count). The lowest BCUT2D eigenvalue weighted by Gasteiger charge is -2.25. The minimum absolute atomic E-state index is 0.0166. The van der Waals surface area contributed by atoms with Gasteiger partial charge in [0.15, 0.2) is 0 Å². The molecule has 1 aliphatic rings. The largest absolute Gasteiger partial charge is 0.475 e. The van der Waals surface area contributed by atoms with Crippen LogP contribution in [0.15, 0.2) is 18.6 Å². The van der Waals surface area contributed by atoms with Gasteiger partial charge in [0.25, 0.3) is 5.88 Å². The Morgan fingerprint density at radius 2 is 1.96 bits per heavy atom. The summed E-state index contributed by atoms with van der Waals surface area (Å²) in [6.07, 6.45) is 1.55. The molecule has 2 aromatic heterocycles. The van der Waals surface area contributed by atoms with Gasteiger partial charge < -0.3 is 15.2 Å². The second-order valence-electron chi connectivity index (χ2n) is 6.50. The van der Waals surface area contributed by atoms with E-state index < -0.39 is 18.5 Å². The van der Waals surface area contributed by atoms with E-state index in [1.807, 2.05) is 0 Å². The zero-order chi connectivity index (χ0) is 19.4. The maximum absolute atomic E-state index is 13.9. The van der Waals surface area contributed by atoms with Crippen molar-refractivity contribution < 1.29 is 27.4 Å². The molecule has 0 amide bonds. The molecular formula is C16H19F4N5O2. The standard InChI is InChI=1S/C16H19F4N5O2/c17-13-6-21-15(23-11-5-22-25(7-11)9-16(18,19)20)24-14(13)27-8-10-1-3-12(26)4-2-10/h5-7,10,12,26H,1-4,8-9H2,(H,21,23,24). The summed E-state index contributed by atoms with van der Waals surface area (Å²) in [5.74, 6) is -0.776. The highest BCUT2D eigenvalue weighted by Crippen LogP contribution is 2.26. The van der Waals surface area contributed by atoms with Crippen LogP contribution in [0, 0.1) is 11.7 Å². The van der Waals surface area contributed by atoms with Crippen LogP contribution in [0.1, 0.15) is 25.7 Å². The number of hydrogen-bond donors (Lipinski definition) is 2. The first-order chi connectivity index (χ1) is 12.8. The number of ether oxygens (including phenoxy) is 1. The molecule has 2 N–H and O–H groups in total. The molecule has 0 bridgehead atoms. The number of hydrogen-bond acceptors (Lipinski definition) is 6. The van der Waals surface area contributed by atoms with Crippen LogP contribution in [-0.2, 0) is 6.54 Å². The van der Waals surface area contributed by atoms with Crippen molar-refractivity contribution in [2.45, 2.75) is 44.5 Å². The second-order valence-corrected chi connectivity index (χ2v) is 6.50. The van der Waals surface area contributed by atoms with E-state index in [1.54, 1.807) is 0 Å². The van der Waals surface area contributed by atoms with Crippen molar-refractivity contribution in [2.75, 3.05) is 11.9 Å². The van der Waals surface area contributed by atoms with Gasteiger partial charge in [0.2, 0.25) is 11.8 Å². The maximum atomic E-state index is 13.9. The van der Waals surface area contributed by atoms with Gasteiger partial charge >= 0.3 is 6.18 Å². The third-order valence-electron chi connectivity index (χ3n) is 4.21.